The second kappa shape index (κ2) is 11.2. The zero-order chi connectivity index (χ0) is 24.0. The van der Waals surface area contributed by atoms with Gasteiger partial charge in [0.1, 0.15) is 0 Å². The van der Waals surface area contributed by atoms with Crippen molar-refractivity contribution in [3.63, 3.8) is 0 Å². The van der Waals surface area contributed by atoms with E-state index in [1.807, 2.05) is 12.1 Å². The Morgan fingerprint density at radius 2 is 1.68 bits per heavy atom. The lowest BCUT2D eigenvalue weighted by Crippen LogP contribution is -2.19. The van der Waals surface area contributed by atoms with Gasteiger partial charge in [0.2, 0.25) is 0 Å². The summed E-state index contributed by atoms with van der Waals surface area (Å²) in [5.41, 5.74) is 6.17. The Hall–Kier alpha value is -2.68. The maximum absolute atomic E-state index is 12.1. The molecule has 174 valence electrons. The van der Waals surface area contributed by atoms with Crippen LogP contribution in [0.25, 0.3) is 10.8 Å². The molecule has 1 N–H and O–H groups in total. The van der Waals surface area contributed by atoms with Crippen LogP contribution in [0.3, 0.4) is 0 Å². The Labute approximate surface area is 212 Å². The van der Waals surface area contributed by atoms with E-state index < -0.39 is 0 Å². The van der Waals surface area contributed by atoms with Crippen molar-refractivity contribution >= 4 is 57.8 Å². The van der Waals surface area contributed by atoms with Gasteiger partial charge in [-0.15, -0.1) is 10.2 Å². The Morgan fingerprint density at radius 1 is 0.971 bits per heavy atom. The van der Waals surface area contributed by atoms with Crippen molar-refractivity contribution in [2.24, 2.45) is 5.10 Å². The minimum Gasteiger partial charge on any atom is -0.272 e. The molecule has 0 aliphatic carbocycles. The smallest absolute Gasteiger partial charge is 0.250 e. The third-order valence-electron chi connectivity index (χ3n) is 5.13. The summed E-state index contributed by atoms with van der Waals surface area (Å²) in [5, 5.41) is 15.0. The minimum absolute atomic E-state index is 0.111. The first-order valence-electron chi connectivity index (χ1n) is 10.9. The lowest BCUT2D eigenvalue weighted by molar-refractivity contribution is -0.118. The maximum atomic E-state index is 12.1. The maximum Gasteiger partial charge on any atom is 0.250 e. The number of hydrogen-bond donors (Lipinski definition) is 1. The molecule has 0 spiro atoms. The molecule has 4 aromatic rings. The van der Waals surface area contributed by atoms with Crippen LogP contribution in [-0.2, 0) is 16.0 Å². The van der Waals surface area contributed by atoms with Crippen LogP contribution < -0.4 is 5.43 Å². The van der Waals surface area contributed by atoms with Gasteiger partial charge in [0.05, 0.1) is 12.0 Å². The second-order valence-electron chi connectivity index (χ2n) is 8.71. The third kappa shape index (κ3) is 6.68. The van der Waals surface area contributed by atoms with Gasteiger partial charge in [-0.2, -0.15) is 5.10 Å². The van der Waals surface area contributed by atoms with Gasteiger partial charge in [0.25, 0.3) is 5.91 Å². The predicted molar refractivity (Wildman–Crippen MR) is 145 cm³/mol. The van der Waals surface area contributed by atoms with Crippen LogP contribution >= 0.6 is 34.9 Å². The van der Waals surface area contributed by atoms with Gasteiger partial charge in [0, 0.05) is 5.75 Å². The van der Waals surface area contributed by atoms with Gasteiger partial charge in [0.15, 0.2) is 8.68 Å². The van der Waals surface area contributed by atoms with Crippen molar-refractivity contribution in [2.45, 2.75) is 40.6 Å². The molecule has 0 atom stereocenters. The highest BCUT2D eigenvalue weighted by molar-refractivity contribution is 8.03. The third-order valence-corrected chi connectivity index (χ3v) is 8.36. The average molecular weight is 507 g/mol. The van der Waals surface area contributed by atoms with Gasteiger partial charge < -0.3 is 0 Å². The van der Waals surface area contributed by atoms with E-state index in [4.69, 9.17) is 0 Å². The van der Waals surface area contributed by atoms with E-state index in [1.165, 1.54) is 45.0 Å². The first-order valence-corrected chi connectivity index (χ1v) is 13.7. The summed E-state index contributed by atoms with van der Waals surface area (Å²) in [6.45, 7) is 6.54. The standard InChI is InChI=1S/C26H26N4OS3/c1-26(2,3)21-13-11-18(12-14-21)15-27-28-23(31)17-33-25-30-29-24(34-25)32-16-20-9-6-8-19-7-4-5-10-22(19)20/h4-15H,16-17H2,1-3H3,(H,28,31)/b27-15+. The first kappa shape index (κ1) is 24.4. The quantitative estimate of drug-likeness (QED) is 0.167. The summed E-state index contributed by atoms with van der Waals surface area (Å²) in [7, 11) is 0. The lowest BCUT2D eigenvalue weighted by atomic mass is 9.87. The van der Waals surface area contributed by atoms with Crippen LogP contribution in [0.5, 0.6) is 0 Å². The molecular weight excluding hydrogens is 481 g/mol. The average Bonchev–Trinajstić information content (AvgIpc) is 3.29. The van der Waals surface area contributed by atoms with E-state index in [1.54, 1.807) is 18.0 Å². The SMILES string of the molecule is CC(C)(C)c1ccc(/C=N/NC(=O)CSc2nnc(SCc3cccc4ccccc34)s2)cc1. The van der Waals surface area contributed by atoms with Crippen molar-refractivity contribution < 1.29 is 4.79 Å². The number of hydrazone groups is 1. The summed E-state index contributed by atoms with van der Waals surface area (Å²) < 4.78 is 1.67. The molecule has 0 saturated carbocycles. The predicted octanol–water partition coefficient (Wildman–Crippen LogP) is 6.52. The van der Waals surface area contributed by atoms with Crippen LogP contribution in [0.2, 0.25) is 0 Å². The molecule has 1 amide bonds. The van der Waals surface area contributed by atoms with E-state index in [9.17, 15) is 4.79 Å². The molecule has 0 saturated heterocycles. The van der Waals surface area contributed by atoms with Crippen LogP contribution in [0.15, 0.2) is 80.5 Å². The van der Waals surface area contributed by atoms with Crippen molar-refractivity contribution in [1.29, 1.82) is 0 Å². The Balaban J connectivity index is 1.23. The van der Waals surface area contributed by atoms with Gasteiger partial charge in [-0.25, -0.2) is 5.43 Å². The normalized spacial score (nSPS) is 11.9. The summed E-state index contributed by atoms with van der Waals surface area (Å²) in [6.07, 6.45) is 1.65. The highest BCUT2D eigenvalue weighted by atomic mass is 32.2. The molecule has 0 aliphatic heterocycles. The number of nitrogens with one attached hydrogen (secondary N) is 1. The van der Waals surface area contributed by atoms with Crippen LogP contribution in [0.4, 0.5) is 0 Å². The number of carbonyl (C=O) groups excluding carboxylic acids is 1. The highest BCUT2D eigenvalue weighted by Gasteiger charge is 2.12. The Kier molecular flexibility index (Phi) is 8.03. The zero-order valence-corrected chi connectivity index (χ0v) is 21.8. The number of amides is 1. The first-order chi connectivity index (χ1) is 16.4. The van der Waals surface area contributed by atoms with Gasteiger partial charge in [-0.05, 0) is 32.9 Å². The zero-order valence-electron chi connectivity index (χ0n) is 19.3. The molecule has 1 aromatic heterocycles. The number of rotatable bonds is 8. The molecule has 4 rings (SSSR count). The molecule has 0 aliphatic rings. The number of carbonyl (C=O) groups is 1. The van der Waals surface area contributed by atoms with Crippen LogP contribution in [0, 0.1) is 0 Å². The molecular formula is C26H26N4OS3. The fourth-order valence-corrected chi connectivity index (χ4v) is 6.10. The Morgan fingerprint density at radius 3 is 2.44 bits per heavy atom. The molecule has 5 nitrogen and oxygen atoms in total. The van der Waals surface area contributed by atoms with Gasteiger partial charge >= 0.3 is 0 Å². The molecule has 3 aromatic carbocycles. The number of fused-ring (bicyclic) bond motifs is 1. The van der Waals surface area contributed by atoms with Crippen LogP contribution in [0.1, 0.15) is 37.5 Å². The van der Waals surface area contributed by atoms with Gasteiger partial charge in [-0.3, -0.25) is 4.79 Å². The van der Waals surface area contributed by atoms with E-state index in [-0.39, 0.29) is 17.1 Å². The monoisotopic (exact) mass is 506 g/mol. The minimum atomic E-state index is -0.173. The molecule has 0 unspecified atom stereocenters. The molecule has 8 heteroatoms. The summed E-state index contributed by atoms with van der Waals surface area (Å²) >= 11 is 4.54. The molecule has 0 fully saturated rings. The Bertz CT molecular complexity index is 1290. The summed E-state index contributed by atoms with van der Waals surface area (Å²) in [4.78, 5) is 12.1. The molecule has 0 radical (unpaired) electrons. The number of thioether (sulfide) groups is 2. The topological polar surface area (TPSA) is 67.2 Å². The number of aromatic nitrogens is 2. The second-order valence-corrected chi connectivity index (χ2v) is 12.1. The van der Waals surface area contributed by atoms with E-state index in [0.717, 1.165) is 20.0 Å². The number of hydrogen-bond acceptors (Lipinski definition) is 7. The fourth-order valence-electron chi connectivity index (χ4n) is 3.28. The molecule has 1 heterocycles. The van der Waals surface area contributed by atoms with Gasteiger partial charge in [-0.1, -0.05) is 122 Å². The van der Waals surface area contributed by atoms with Crippen molar-refractivity contribution in [3.8, 4) is 0 Å². The van der Waals surface area contributed by atoms with Crippen molar-refractivity contribution in [1.82, 2.24) is 15.6 Å². The van der Waals surface area contributed by atoms with E-state index in [0.29, 0.717) is 0 Å². The number of benzene rings is 3. The fraction of sp³-hybridized carbons (Fsp3) is 0.231. The van der Waals surface area contributed by atoms with E-state index in [2.05, 4.69) is 96.1 Å². The lowest BCUT2D eigenvalue weighted by Gasteiger charge is -2.18. The van der Waals surface area contributed by atoms with E-state index >= 15 is 0 Å². The highest BCUT2D eigenvalue weighted by Crippen LogP contribution is 2.32. The molecule has 34 heavy (non-hydrogen) atoms. The van der Waals surface area contributed by atoms with Crippen molar-refractivity contribution in [2.75, 3.05) is 5.75 Å². The number of nitrogens with zero attached hydrogens (tertiary/aromatic N) is 3. The molecule has 0 bridgehead atoms. The largest absolute Gasteiger partial charge is 0.272 e. The summed E-state index contributed by atoms with van der Waals surface area (Å²) in [5.74, 6) is 0.892. The summed E-state index contributed by atoms with van der Waals surface area (Å²) in [6, 6.07) is 22.9. The van der Waals surface area contributed by atoms with Crippen LogP contribution in [-0.4, -0.2) is 28.1 Å². The van der Waals surface area contributed by atoms with Crippen molar-refractivity contribution in [3.05, 3.63) is 83.4 Å².